The van der Waals surface area contributed by atoms with Crippen LogP contribution < -0.4 is 5.73 Å². The number of ether oxygens (including phenoxy) is 1. The molecule has 0 spiro atoms. The molecule has 2 heterocycles. The van der Waals surface area contributed by atoms with E-state index in [0.717, 1.165) is 0 Å². The highest BCUT2D eigenvalue weighted by molar-refractivity contribution is 5.81. The molecule has 0 aromatic carbocycles. The van der Waals surface area contributed by atoms with Gasteiger partial charge in [-0.3, -0.25) is 8.96 Å². The van der Waals surface area contributed by atoms with Crippen LogP contribution in [-0.4, -0.2) is 56.7 Å². The van der Waals surface area contributed by atoms with Crippen LogP contribution in [-0.2, 0) is 4.74 Å². The lowest BCUT2D eigenvalue weighted by molar-refractivity contribution is -0.0112. The van der Waals surface area contributed by atoms with Crippen molar-refractivity contribution in [2.24, 2.45) is 0 Å². The Morgan fingerprint density at radius 3 is 2.70 bits per heavy atom. The fourth-order valence-electron chi connectivity index (χ4n) is 1.68. The lowest BCUT2D eigenvalue weighted by atomic mass is 10.2. The summed E-state index contributed by atoms with van der Waals surface area (Å²) in [7, 11) is 1.97. The minimum Gasteiger partial charge on any atom is -0.394 e. The second kappa shape index (κ2) is 7.68. The van der Waals surface area contributed by atoms with E-state index in [9.17, 15) is 9.50 Å². The third-order valence-electron chi connectivity index (χ3n) is 2.72. The van der Waals surface area contributed by atoms with E-state index < -0.39 is 12.3 Å². The van der Waals surface area contributed by atoms with Crippen molar-refractivity contribution in [2.75, 3.05) is 26.6 Å². The molecule has 0 aliphatic carbocycles. The van der Waals surface area contributed by atoms with Gasteiger partial charge in [0, 0.05) is 13.5 Å². The van der Waals surface area contributed by atoms with E-state index in [2.05, 4.69) is 15.0 Å². The van der Waals surface area contributed by atoms with Crippen molar-refractivity contribution in [3.63, 3.8) is 0 Å². The van der Waals surface area contributed by atoms with Crippen LogP contribution in [0.5, 0.6) is 0 Å². The summed E-state index contributed by atoms with van der Waals surface area (Å²) in [5.41, 5.74) is 6.54. The molecule has 8 nitrogen and oxygen atoms in total. The number of imidazole rings is 1. The van der Waals surface area contributed by atoms with Crippen LogP contribution in [0.4, 0.5) is 10.2 Å². The zero-order valence-electron chi connectivity index (χ0n) is 11.3. The lowest BCUT2D eigenvalue weighted by Gasteiger charge is -2.18. The predicted octanol–water partition coefficient (Wildman–Crippen LogP) is -0.118. The van der Waals surface area contributed by atoms with Gasteiger partial charge in [-0.25, -0.2) is 15.0 Å². The third kappa shape index (κ3) is 3.38. The number of nitrogens with zero attached hydrogens (tertiary/aromatic N) is 4. The number of aliphatic hydroxyl groups excluding tert-OH is 2. The number of aliphatic hydroxyl groups is 2. The van der Waals surface area contributed by atoms with Gasteiger partial charge in [-0.1, -0.05) is 0 Å². The van der Waals surface area contributed by atoms with Gasteiger partial charge >= 0.3 is 0 Å². The van der Waals surface area contributed by atoms with Crippen molar-refractivity contribution < 1.29 is 19.3 Å². The smallest absolute Gasteiger partial charge is 0.167 e. The van der Waals surface area contributed by atoms with Crippen molar-refractivity contribution in [1.82, 2.24) is 19.5 Å². The highest BCUT2D eigenvalue weighted by atomic mass is 19.1. The minimum atomic E-state index is -0.901. The van der Waals surface area contributed by atoms with E-state index in [-0.39, 0.29) is 18.8 Å². The van der Waals surface area contributed by atoms with E-state index in [4.69, 9.17) is 15.6 Å². The fourth-order valence-corrected chi connectivity index (χ4v) is 1.68. The first-order chi connectivity index (χ1) is 9.67. The molecule has 0 radical (unpaired) electrons. The molecule has 0 saturated carbocycles. The summed E-state index contributed by atoms with van der Waals surface area (Å²) in [5.74, 6) is 0.261. The van der Waals surface area contributed by atoms with Gasteiger partial charge in [0.15, 0.2) is 11.5 Å². The Kier molecular flexibility index (Phi) is 6.22. The number of nitrogen functional groups attached to an aromatic ring is 1. The molecule has 2 aromatic rings. The number of nitrogens with two attached hydrogens (primary N) is 1. The second-order valence-corrected chi connectivity index (χ2v) is 3.84. The number of fused-ring (bicyclic) bond motifs is 1. The van der Waals surface area contributed by atoms with Crippen molar-refractivity contribution in [3.8, 4) is 0 Å². The van der Waals surface area contributed by atoms with Crippen LogP contribution >= 0.6 is 0 Å². The number of methoxy groups -OCH3 is 1. The third-order valence-corrected chi connectivity index (χ3v) is 2.72. The lowest BCUT2D eigenvalue weighted by Crippen LogP contribution is -2.22. The van der Waals surface area contributed by atoms with Gasteiger partial charge in [0.1, 0.15) is 18.1 Å². The molecule has 2 rings (SSSR count). The molecule has 0 bridgehead atoms. The molecule has 2 aromatic heterocycles. The first kappa shape index (κ1) is 16.2. The fraction of sp³-hybridized carbons (Fsp3) is 0.545. The molecule has 0 fully saturated rings. The van der Waals surface area contributed by atoms with Gasteiger partial charge in [-0.15, -0.1) is 0 Å². The maximum Gasteiger partial charge on any atom is 0.167 e. The molecule has 2 atom stereocenters. The Hall–Kier alpha value is -1.84. The van der Waals surface area contributed by atoms with E-state index >= 15 is 0 Å². The molecule has 2 unspecified atom stereocenters. The Balaban J connectivity index is 0.000000956. The number of aromatic nitrogens is 4. The normalized spacial score (nSPS) is 13.7. The van der Waals surface area contributed by atoms with Crippen molar-refractivity contribution in [1.29, 1.82) is 0 Å². The molecule has 0 aliphatic rings. The zero-order chi connectivity index (χ0) is 15.1. The van der Waals surface area contributed by atoms with Crippen LogP contribution in [0.1, 0.15) is 12.6 Å². The molecule has 9 heteroatoms. The average Bonchev–Trinajstić information content (AvgIpc) is 2.92. The number of alkyl halides is 1. The predicted molar refractivity (Wildman–Crippen MR) is 70.5 cm³/mol. The Morgan fingerprint density at radius 1 is 1.40 bits per heavy atom. The highest BCUT2D eigenvalue weighted by Gasteiger charge is 2.18. The summed E-state index contributed by atoms with van der Waals surface area (Å²) in [4.78, 5) is 11.9. The van der Waals surface area contributed by atoms with Gasteiger partial charge in [-0.2, -0.15) is 0 Å². The second-order valence-electron chi connectivity index (χ2n) is 3.84. The quantitative estimate of drug-likeness (QED) is 0.701. The van der Waals surface area contributed by atoms with Crippen LogP contribution in [0.3, 0.4) is 0 Å². The molecular formula is C11H18FN5O3. The number of hydrogen-bond donors (Lipinski definition) is 3. The van der Waals surface area contributed by atoms with Gasteiger partial charge in [0.05, 0.1) is 26.2 Å². The molecule has 0 aliphatic heterocycles. The first-order valence-corrected chi connectivity index (χ1v) is 5.80. The van der Waals surface area contributed by atoms with Crippen molar-refractivity contribution in [3.05, 3.63) is 12.7 Å². The van der Waals surface area contributed by atoms with Gasteiger partial charge < -0.3 is 20.7 Å². The molecule has 0 saturated heterocycles. The van der Waals surface area contributed by atoms with Crippen LogP contribution in [0.15, 0.2) is 12.7 Å². The van der Waals surface area contributed by atoms with Crippen molar-refractivity contribution >= 4 is 17.0 Å². The van der Waals surface area contributed by atoms with Crippen LogP contribution in [0.25, 0.3) is 11.2 Å². The summed E-state index contributed by atoms with van der Waals surface area (Å²) in [6, 6.07) is 0. The number of rotatable bonds is 5. The van der Waals surface area contributed by atoms with Crippen LogP contribution in [0, 0.1) is 0 Å². The first-order valence-electron chi connectivity index (χ1n) is 5.80. The standard InChI is InChI=1S/C10H15N5O3.CH3F/c1-18-6(3-16)2-7(17)15-5-14-8-9(11)12-4-13-10(8)15;1-2/h4-7,16-17H,2-3H2,1H3,(H2,11,12,13);1H3. The average molecular weight is 287 g/mol. The van der Waals surface area contributed by atoms with Gasteiger partial charge in [-0.05, 0) is 0 Å². The largest absolute Gasteiger partial charge is 0.394 e. The molecule has 0 amide bonds. The number of hydrogen-bond acceptors (Lipinski definition) is 7. The SMILES string of the molecule is CF.COC(CO)CC(O)n1cnc2c(N)ncnc21. The zero-order valence-corrected chi connectivity index (χ0v) is 11.3. The Morgan fingerprint density at radius 2 is 2.10 bits per heavy atom. The minimum absolute atomic E-state index is 0.169. The molecule has 112 valence electrons. The molecule has 4 N–H and O–H groups in total. The van der Waals surface area contributed by atoms with Gasteiger partial charge in [0.25, 0.3) is 0 Å². The maximum atomic E-state index is 10.1. The van der Waals surface area contributed by atoms with E-state index in [1.807, 2.05) is 0 Å². The summed E-state index contributed by atoms with van der Waals surface area (Å²) >= 11 is 0. The molecule has 20 heavy (non-hydrogen) atoms. The summed E-state index contributed by atoms with van der Waals surface area (Å²) < 4.78 is 16.0. The van der Waals surface area contributed by atoms with Crippen LogP contribution in [0.2, 0.25) is 0 Å². The topological polar surface area (TPSA) is 119 Å². The number of anilines is 1. The molecular weight excluding hydrogens is 269 g/mol. The Labute approximate surface area is 115 Å². The van der Waals surface area contributed by atoms with Crippen molar-refractivity contribution in [2.45, 2.75) is 18.8 Å². The maximum absolute atomic E-state index is 10.1. The van der Waals surface area contributed by atoms with E-state index in [1.165, 1.54) is 24.3 Å². The summed E-state index contributed by atoms with van der Waals surface area (Å²) in [6.45, 7) is -0.169. The van der Waals surface area contributed by atoms with Gasteiger partial charge in [0.2, 0.25) is 0 Å². The number of halogens is 1. The highest BCUT2D eigenvalue weighted by Crippen LogP contribution is 2.20. The Bertz CT molecular complexity index is 532. The monoisotopic (exact) mass is 287 g/mol. The summed E-state index contributed by atoms with van der Waals surface area (Å²) in [6.07, 6.45) is 1.62. The summed E-state index contributed by atoms with van der Waals surface area (Å²) in [5, 5.41) is 19.1. The van der Waals surface area contributed by atoms with E-state index in [0.29, 0.717) is 18.3 Å². The van der Waals surface area contributed by atoms with E-state index in [1.54, 1.807) is 0 Å².